The van der Waals surface area contributed by atoms with Crippen LogP contribution in [-0.2, 0) is 16.2 Å². The third-order valence-corrected chi connectivity index (χ3v) is 24.8. The second-order valence-electron chi connectivity index (χ2n) is 7.94. The van der Waals surface area contributed by atoms with Gasteiger partial charge in [0.1, 0.15) is 0 Å². The van der Waals surface area contributed by atoms with Crippen molar-refractivity contribution in [3.63, 3.8) is 0 Å². The second kappa shape index (κ2) is 6.87. The van der Waals surface area contributed by atoms with Gasteiger partial charge in [-0.25, -0.2) is 0 Å². The topological polar surface area (TPSA) is 0 Å². The van der Waals surface area contributed by atoms with E-state index in [9.17, 15) is 0 Å². The molecule has 0 heterocycles. The Labute approximate surface area is 175 Å². The zero-order chi connectivity index (χ0) is 19.2. The molecule has 3 aromatic carbocycles. The number of allylic oxidation sites excluding steroid dienone is 2. The van der Waals surface area contributed by atoms with Crippen molar-refractivity contribution in [2.75, 3.05) is 0 Å². The summed E-state index contributed by atoms with van der Waals surface area (Å²) in [5, 5.41) is 0. The number of benzene rings is 3. The van der Waals surface area contributed by atoms with Crippen molar-refractivity contribution < 1.29 is 16.2 Å². The van der Waals surface area contributed by atoms with Crippen LogP contribution < -0.4 is 5.46 Å². The van der Waals surface area contributed by atoms with Crippen molar-refractivity contribution in [3.8, 4) is 0 Å². The van der Waals surface area contributed by atoms with Crippen LogP contribution >= 0.6 is 17.0 Å². The molecule has 4 heteroatoms. The molecule has 0 spiro atoms. The Hall–Kier alpha value is -1.33. The zero-order valence-electron chi connectivity index (χ0n) is 15.4. The van der Waals surface area contributed by atoms with Gasteiger partial charge in [0.05, 0.1) is 0 Å². The van der Waals surface area contributed by atoms with Crippen LogP contribution in [0.2, 0.25) is 0 Å². The molecule has 2 atom stereocenters. The van der Waals surface area contributed by atoms with Gasteiger partial charge in [0.2, 0.25) is 0 Å². The molecule has 5 rings (SSSR count). The third-order valence-electron chi connectivity index (χ3n) is 6.25. The Morgan fingerprint density at radius 3 is 1.61 bits per heavy atom. The Balaban J connectivity index is 1.70. The summed E-state index contributed by atoms with van der Waals surface area (Å²) in [6, 6.07) is 27.6. The van der Waals surface area contributed by atoms with E-state index in [0.29, 0.717) is 0 Å². The fraction of sp³-hybridized carbons (Fsp3) is 0.0833. The van der Waals surface area contributed by atoms with E-state index < -0.39 is 16.2 Å². The first kappa shape index (κ1) is 18.7. The van der Waals surface area contributed by atoms with E-state index in [0.717, 1.165) is 4.82 Å². The Kier molecular flexibility index (Phi) is 4.59. The molecular weight excluding hydrogens is 461 g/mol. The first-order valence-corrected chi connectivity index (χ1v) is 20.6. The summed E-state index contributed by atoms with van der Waals surface area (Å²) in [6.45, 7) is 0. The van der Waals surface area contributed by atoms with Crippen LogP contribution in [-0.4, -0.2) is 4.82 Å². The Bertz CT molecular complexity index is 1040. The number of halogens is 2. The predicted molar refractivity (Wildman–Crippen MR) is 121 cm³/mol. The van der Waals surface area contributed by atoms with Gasteiger partial charge in [-0.05, 0) is 0 Å². The second-order valence-corrected chi connectivity index (χ2v) is 30.2. The van der Waals surface area contributed by atoms with Crippen molar-refractivity contribution >= 4 is 39.5 Å². The van der Waals surface area contributed by atoms with E-state index >= 15 is 0 Å². The van der Waals surface area contributed by atoms with Gasteiger partial charge in [-0.15, -0.1) is 0 Å². The van der Waals surface area contributed by atoms with E-state index in [-0.39, 0.29) is 7.25 Å². The summed E-state index contributed by atoms with van der Waals surface area (Å²) in [6.07, 6.45) is 8.95. The van der Waals surface area contributed by atoms with E-state index in [4.69, 9.17) is 17.0 Å². The molecule has 0 radical (unpaired) electrons. The van der Waals surface area contributed by atoms with Crippen LogP contribution in [0.4, 0.5) is 0 Å². The molecule has 0 aromatic heterocycles. The van der Waals surface area contributed by atoms with E-state index in [1.165, 1.54) is 27.7 Å². The summed E-state index contributed by atoms with van der Waals surface area (Å²) < 4.78 is 0.198. The normalized spacial score (nSPS) is 21.0. The maximum absolute atomic E-state index is 7.87. The molecule has 0 bridgehead atoms. The molecule has 0 aliphatic heterocycles. The van der Waals surface area contributed by atoms with E-state index in [1.807, 2.05) is 6.07 Å². The number of hydrogen-bond acceptors (Lipinski definition) is 0. The SMILES string of the molecule is [Cl][Zr]([Cl])([BH]c1ccccc1)([CH]1C=Cc2ccccc21)[CH]1C=Cc2ccccc21. The molecular formula is C24H20BCl2Zr. The summed E-state index contributed by atoms with van der Waals surface area (Å²) in [5.41, 5.74) is 6.29. The average Bonchev–Trinajstić information content (AvgIpc) is 3.34. The molecule has 2 unspecified atom stereocenters. The third kappa shape index (κ3) is 2.93. The summed E-state index contributed by atoms with van der Waals surface area (Å²) >= 11 is -4.51. The van der Waals surface area contributed by atoms with Crippen LogP contribution in [0.5, 0.6) is 0 Å². The quantitative estimate of drug-likeness (QED) is 0.390. The van der Waals surface area contributed by atoms with Gasteiger partial charge in [-0.3, -0.25) is 0 Å². The van der Waals surface area contributed by atoms with Crippen molar-refractivity contribution in [3.05, 3.63) is 113 Å². The summed E-state index contributed by atoms with van der Waals surface area (Å²) in [5.74, 6) is 0. The first-order chi connectivity index (χ1) is 13.6. The standard InChI is InChI=1S/2C9H7.C6H6B.2ClH.Zr/c2*1-2-5-9-7-3-6-8(9)4-1;7-6-4-2-1-3-5-6;;;/h2*1-7H;1-5,7H;2*1H;/q;;+1;;;+1/p-2. The fourth-order valence-electron chi connectivity index (χ4n) is 4.93. The van der Waals surface area contributed by atoms with Gasteiger partial charge in [-0.1, -0.05) is 0 Å². The molecule has 0 saturated heterocycles. The van der Waals surface area contributed by atoms with Crippen LogP contribution in [0, 0.1) is 0 Å². The molecule has 2 aliphatic carbocycles. The monoisotopic (exact) mass is 479 g/mol. The molecule has 3 aromatic rings. The molecule has 0 fully saturated rings. The van der Waals surface area contributed by atoms with Crippen molar-refractivity contribution in [1.29, 1.82) is 0 Å². The minimum absolute atomic E-state index is 0.0991. The van der Waals surface area contributed by atoms with Gasteiger partial charge in [0.25, 0.3) is 0 Å². The number of fused-ring (bicyclic) bond motifs is 2. The van der Waals surface area contributed by atoms with Crippen molar-refractivity contribution in [1.82, 2.24) is 0 Å². The molecule has 0 saturated carbocycles. The first-order valence-electron chi connectivity index (χ1n) is 9.72. The van der Waals surface area contributed by atoms with Gasteiger partial charge in [-0.2, -0.15) is 0 Å². The molecule has 137 valence electrons. The molecule has 0 amide bonds. The Morgan fingerprint density at radius 1 is 0.607 bits per heavy atom. The molecule has 28 heavy (non-hydrogen) atoms. The fourth-order valence-corrected chi connectivity index (χ4v) is 22.6. The van der Waals surface area contributed by atoms with Crippen LogP contribution in [0.3, 0.4) is 0 Å². The minimum atomic E-state index is -4.51. The van der Waals surface area contributed by atoms with E-state index in [1.54, 1.807) is 0 Å². The number of hydrogen-bond donors (Lipinski definition) is 0. The van der Waals surface area contributed by atoms with Crippen LogP contribution in [0.15, 0.2) is 91.0 Å². The zero-order valence-corrected chi connectivity index (χ0v) is 19.4. The van der Waals surface area contributed by atoms with Crippen LogP contribution in [0.25, 0.3) is 12.2 Å². The number of rotatable bonds is 4. The van der Waals surface area contributed by atoms with Gasteiger partial charge in [0.15, 0.2) is 0 Å². The molecule has 2 aliphatic rings. The Morgan fingerprint density at radius 2 is 1.07 bits per heavy atom. The molecule has 0 N–H and O–H groups in total. The van der Waals surface area contributed by atoms with Gasteiger partial charge in [0, 0.05) is 0 Å². The van der Waals surface area contributed by atoms with Gasteiger partial charge >= 0.3 is 176 Å². The van der Waals surface area contributed by atoms with E-state index in [2.05, 4.69) is 97.1 Å². The molecule has 0 nitrogen and oxygen atoms in total. The van der Waals surface area contributed by atoms with Gasteiger partial charge < -0.3 is 0 Å². The van der Waals surface area contributed by atoms with Crippen molar-refractivity contribution in [2.45, 2.75) is 7.25 Å². The average molecular weight is 481 g/mol. The van der Waals surface area contributed by atoms with Crippen molar-refractivity contribution in [2.24, 2.45) is 0 Å². The summed E-state index contributed by atoms with van der Waals surface area (Å²) in [4.78, 5) is 0.762. The van der Waals surface area contributed by atoms with Crippen LogP contribution in [0.1, 0.15) is 29.5 Å². The predicted octanol–water partition coefficient (Wildman–Crippen LogP) is 6.20. The maximum atomic E-state index is 7.87. The summed E-state index contributed by atoms with van der Waals surface area (Å²) in [7, 11) is 15.7.